The summed E-state index contributed by atoms with van der Waals surface area (Å²) in [6.45, 7) is 9.00. The fraction of sp³-hybridized carbons (Fsp3) is 0.474. The van der Waals surface area contributed by atoms with E-state index >= 15 is 0 Å². The van der Waals surface area contributed by atoms with Gasteiger partial charge in [0.1, 0.15) is 0 Å². The molecule has 0 aromatic heterocycles. The van der Waals surface area contributed by atoms with E-state index in [1.165, 1.54) is 47.6 Å². The molecule has 0 aliphatic heterocycles. The summed E-state index contributed by atoms with van der Waals surface area (Å²) in [5.41, 5.74) is 5.90. The smallest absolute Gasteiger partial charge is 1.00 e. The van der Waals surface area contributed by atoms with Gasteiger partial charge in [0, 0.05) is 0 Å². The molecule has 0 saturated carbocycles. The van der Waals surface area contributed by atoms with Gasteiger partial charge in [-0.05, 0) is 20.8 Å². The molecule has 0 atom stereocenters. The van der Waals surface area contributed by atoms with Crippen molar-refractivity contribution in [2.45, 2.75) is 59.8 Å². The largest absolute Gasteiger partial charge is 4.00 e. The Balaban J connectivity index is -0.00000110. The van der Waals surface area contributed by atoms with E-state index in [-0.39, 0.29) is 68.5 Å². The minimum Gasteiger partial charge on any atom is -1.00 e. The molecule has 0 heterocycles. The Hall–Kier alpha value is 0.501. The van der Waals surface area contributed by atoms with Crippen LogP contribution in [-0.2, 0) is 21.7 Å². The molecule has 0 unspecified atom stereocenters. The van der Waals surface area contributed by atoms with Crippen LogP contribution in [0, 0.1) is 26.8 Å². The second kappa shape index (κ2) is 14.6. The van der Waals surface area contributed by atoms with E-state index in [1.54, 1.807) is 10.8 Å². The van der Waals surface area contributed by atoms with Gasteiger partial charge in [-0.25, -0.2) is 11.3 Å². The molecule has 0 radical (unpaired) electrons. The van der Waals surface area contributed by atoms with Crippen LogP contribution in [0.4, 0.5) is 0 Å². The molecule has 0 N–H and O–H groups in total. The predicted octanol–water partition coefficient (Wildman–Crippen LogP) is -4.99. The molecule has 2 rings (SSSR count). The van der Waals surface area contributed by atoms with Crippen molar-refractivity contribution in [3.63, 3.8) is 0 Å². The second-order valence-corrected chi connectivity index (χ2v) is 8.00. The zero-order valence-corrected chi connectivity index (χ0v) is 20.4. The second-order valence-electron chi connectivity index (χ2n) is 6.17. The molecular weight excluding hydrogens is 411 g/mol. The van der Waals surface area contributed by atoms with Crippen molar-refractivity contribution in [1.29, 1.82) is 0 Å². The molecule has 24 heavy (non-hydrogen) atoms. The molecule has 1 aromatic carbocycles. The summed E-state index contributed by atoms with van der Waals surface area (Å²) in [6.07, 6.45) is 12.6. The average molecular weight is 438 g/mol. The predicted molar refractivity (Wildman–Crippen MR) is 92.4 cm³/mol. The van der Waals surface area contributed by atoms with Crippen molar-refractivity contribution in [1.82, 2.24) is 0 Å². The van der Waals surface area contributed by atoms with Gasteiger partial charge in [-0.3, -0.25) is 6.08 Å². The summed E-state index contributed by atoms with van der Waals surface area (Å²) in [5, 5.41) is 3.16. The van der Waals surface area contributed by atoms with Crippen molar-refractivity contribution in [2.24, 2.45) is 0 Å². The minimum absolute atomic E-state index is 0. The van der Waals surface area contributed by atoms with E-state index in [2.05, 4.69) is 52.0 Å². The minimum atomic E-state index is -0.340. The molecule has 0 nitrogen and oxygen atoms in total. The first kappa shape index (κ1) is 29.3. The van der Waals surface area contributed by atoms with Crippen LogP contribution in [0.5, 0.6) is 0 Å². The fourth-order valence-electron chi connectivity index (χ4n) is 3.12. The number of hydrogen-bond donors (Lipinski definition) is 0. The topological polar surface area (TPSA) is 0 Å². The van der Waals surface area contributed by atoms with Gasteiger partial charge in [-0.2, -0.15) is 5.57 Å². The molecule has 0 amide bonds. The fourth-order valence-corrected chi connectivity index (χ4v) is 4.89. The van der Waals surface area contributed by atoms with Gasteiger partial charge >= 0.3 is 21.7 Å². The monoisotopic (exact) mass is 436 g/mol. The van der Waals surface area contributed by atoms with Gasteiger partial charge < -0.3 is 37.2 Å². The van der Waals surface area contributed by atoms with E-state index in [0.29, 0.717) is 0 Å². The SMILES string of the molecule is CCCCCC1=[C-]C([SiH2]c2c(C)cc(C)cc2C)=CC1.[Cl-].[Cl-].[Cl-].[Ti+4]. The maximum absolute atomic E-state index is 3.71. The number of aryl methyl sites for hydroxylation is 3. The van der Waals surface area contributed by atoms with Crippen LogP contribution in [0.15, 0.2) is 29.0 Å². The first-order valence-corrected chi connectivity index (χ1v) is 9.39. The van der Waals surface area contributed by atoms with Gasteiger partial charge in [0.15, 0.2) is 0 Å². The Kier molecular flexibility index (Phi) is 17.9. The number of hydrogen-bond acceptors (Lipinski definition) is 0. The summed E-state index contributed by atoms with van der Waals surface area (Å²) in [5.74, 6) is 0. The Bertz CT molecular complexity index is 531. The maximum atomic E-state index is 3.71. The Morgan fingerprint density at radius 1 is 1.00 bits per heavy atom. The summed E-state index contributed by atoms with van der Waals surface area (Å²) in [4.78, 5) is 0. The van der Waals surface area contributed by atoms with Crippen molar-refractivity contribution in [3.05, 3.63) is 51.7 Å². The maximum Gasteiger partial charge on any atom is 4.00 e. The quantitative estimate of drug-likeness (QED) is 0.238. The summed E-state index contributed by atoms with van der Waals surface area (Å²) in [6, 6.07) is 4.66. The van der Waals surface area contributed by atoms with Crippen molar-refractivity contribution in [3.8, 4) is 0 Å². The molecule has 1 aliphatic carbocycles. The first-order valence-electron chi connectivity index (χ1n) is 7.97. The van der Waals surface area contributed by atoms with Crippen LogP contribution in [0.1, 0.15) is 55.7 Å². The van der Waals surface area contributed by atoms with Crippen molar-refractivity contribution >= 4 is 14.7 Å². The number of benzene rings is 1. The summed E-state index contributed by atoms with van der Waals surface area (Å²) in [7, 11) is -0.340. The molecular formula is C19H27Cl3SiTi. The van der Waals surface area contributed by atoms with E-state index in [0.717, 1.165) is 6.42 Å². The average Bonchev–Trinajstić information content (AvgIpc) is 2.82. The van der Waals surface area contributed by atoms with Crippen LogP contribution in [0.2, 0.25) is 0 Å². The molecule has 1 aliphatic rings. The van der Waals surface area contributed by atoms with Gasteiger partial charge in [0.25, 0.3) is 0 Å². The number of unbranched alkanes of at least 4 members (excludes halogenated alkanes) is 2. The van der Waals surface area contributed by atoms with Gasteiger partial charge in [-0.15, -0.1) is 0 Å². The van der Waals surface area contributed by atoms with E-state index in [4.69, 9.17) is 0 Å². The van der Waals surface area contributed by atoms with Gasteiger partial charge in [-0.1, -0.05) is 73.0 Å². The Morgan fingerprint density at radius 2 is 1.58 bits per heavy atom. The van der Waals surface area contributed by atoms with Crippen LogP contribution in [0.25, 0.3) is 0 Å². The molecule has 0 saturated heterocycles. The van der Waals surface area contributed by atoms with Crippen LogP contribution < -0.4 is 42.4 Å². The van der Waals surface area contributed by atoms with Crippen LogP contribution >= 0.6 is 0 Å². The third-order valence-corrected chi connectivity index (χ3v) is 6.54. The van der Waals surface area contributed by atoms with E-state index in [1.807, 2.05) is 0 Å². The number of rotatable bonds is 6. The molecule has 0 fully saturated rings. The third kappa shape index (κ3) is 8.74. The van der Waals surface area contributed by atoms with Gasteiger partial charge in [0.05, 0.1) is 9.52 Å². The number of halogens is 3. The first-order chi connectivity index (χ1) is 9.60. The molecule has 5 heteroatoms. The van der Waals surface area contributed by atoms with E-state index in [9.17, 15) is 0 Å². The van der Waals surface area contributed by atoms with Crippen LogP contribution in [0.3, 0.4) is 0 Å². The van der Waals surface area contributed by atoms with Gasteiger partial charge in [0.2, 0.25) is 0 Å². The third-order valence-electron chi connectivity index (χ3n) is 4.22. The number of allylic oxidation sites excluding steroid dienone is 4. The Morgan fingerprint density at radius 3 is 2.12 bits per heavy atom. The molecule has 1 aromatic rings. The zero-order valence-electron chi connectivity index (χ0n) is 15.1. The molecule has 132 valence electrons. The standard InChI is InChI=1S/C19H27Si.3ClH.Ti/c1-5-6-7-8-17-9-10-18(13-17)20-19-15(3)11-14(2)12-16(19)4;;;;/h10-12H,5-9,20H2,1-4H3;3*1H;/q-1;;;;+4/p-3. The zero-order chi connectivity index (χ0) is 14.5. The van der Waals surface area contributed by atoms with E-state index < -0.39 is 0 Å². The Labute approximate surface area is 184 Å². The summed E-state index contributed by atoms with van der Waals surface area (Å²) < 4.78 is 0. The van der Waals surface area contributed by atoms with Crippen LogP contribution in [-0.4, -0.2) is 9.52 Å². The summed E-state index contributed by atoms with van der Waals surface area (Å²) >= 11 is 0. The molecule has 0 spiro atoms. The molecule has 0 bridgehead atoms. The van der Waals surface area contributed by atoms with Crippen molar-refractivity contribution < 1.29 is 58.9 Å². The normalized spacial score (nSPS) is 12.5. The van der Waals surface area contributed by atoms with Crippen molar-refractivity contribution in [2.75, 3.05) is 0 Å².